The van der Waals surface area contributed by atoms with Gasteiger partial charge in [-0.1, -0.05) is 11.6 Å². The molecule has 0 saturated carbocycles. The van der Waals surface area contributed by atoms with Crippen LogP contribution in [0.3, 0.4) is 0 Å². The van der Waals surface area contributed by atoms with E-state index in [0.29, 0.717) is 60.6 Å². The standard InChI is InChI=1S/C23H35ClN4O5/c1-23(2,3)33-22(31)28-7-4-14(5-8-28)11-26-12-15(29)13-27-21(30)17-10-18(24)19(25)16-6-9-32-20(16)17/h10,14-15,26,29H,4-9,11-13,25H2,1-3H3,(H,27,30). The van der Waals surface area contributed by atoms with Crippen LogP contribution in [0.25, 0.3) is 0 Å². The Balaban J connectivity index is 1.36. The first-order valence-electron chi connectivity index (χ1n) is 11.4. The fourth-order valence-corrected chi connectivity index (χ4v) is 4.24. The molecule has 2 amide bonds. The highest BCUT2D eigenvalue weighted by Gasteiger charge is 2.27. The average molecular weight is 483 g/mol. The Morgan fingerprint density at radius 2 is 2.03 bits per heavy atom. The number of nitrogen functional groups attached to an aromatic ring is 1. The van der Waals surface area contributed by atoms with Crippen LogP contribution in [0.1, 0.15) is 49.5 Å². The maximum absolute atomic E-state index is 12.6. The van der Waals surface area contributed by atoms with E-state index >= 15 is 0 Å². The zero-order valence-electron chi connectivity index (χ0n) is 19.6. The van der Waals surface area contributed by atoms with Gasteiger partial charge in [-0.3, -0.25) is 4.79 Å². The van der Waals surface area contributed by atoms with Gasteiger partial charge in [-0.05, 0) is 52.1 Å². The molecular weight excluding hydrogens is 448 g/mol. The van der Waals surface area contributed by atoms with Gasteiger partial charge in [-0.25, -0.2) is 4.79 Å². The largest absolute Gasteiger partial charge is 0.492 e. The minimum absolute atomic E-state index is 0.0969. The minimum Gasteiger partial charge on any atom is -0.492 e. The molecule has 2 aliphatic heterocycles. The molecule has 0 aliphatic carbocycles. The van der Waals surface area contributed by atoms with Gasteiger partial charge in [-0.2, -0.15) is 0 Å². The SMILES string of the molecule is CC(C)(C)OC(=O)N1CCC(CNCC(O)CNC(=O)c2cc(Cl)c(N)c3c2OCC3)CC1. The van der Waals surface area contributed by atoms with Crippen LogP contribution in [0.5, 0.6) is 5.75 Å². The van der Waals surface area contributed by atoms with Crippen molar-refractivity contribution in [3.8, 4) is 5.75 Å². The summed E-state index contributed by atoms with van der Waals surface area (Å²) in [5, 5.41) is 16.6. The van der Waals surface area contributed by atoms with Gasteiger partial charge < -0.3 is 35.8 Å². The number of hydrogen-bond donors (Lipinski definition) is 4. The summed E-state index contributed by atoms with van der Waals surface area (Å²) >= 11 is 6.15. The van der Waals surface area contributed by atoms with Gasteiger partial charge in [0.2, 0.25) is 0 Å². The maximum Gasteiger partial charge on any atom is 0.410 e. The summed E-state index contributed by atoms with van der Waals surface area (Å²) in [5.41, 5.74) is 7.01. The third-order valence-corrected chi connectivity index (χ3v) is 6.11. The number of fused-ring (bicyclic) bond motifs is 1. The first-order chi connectivity index (χ1) is 15.5. The number of likely N-dealkylation sites (tertiary alicyclic amines) is 1. The molecule has 10 heteroatoms. The Morgan fingerprint density at radius 1 is 1.33 bits per heavy atom. The lowest BCUT2D eigenvalue weighted by molar-refractivity contribution is 0.0183. The molecular formula is C23H35ClN4O5. The minimum atomic E-state index is -0.742. The van der Waals surface area contributed by atoms with Crippen molar-refractivity contribution >= 4 is 29.3 Å². The summed E-state index contributed by atoms with van der Waals surface area (Å²) in [6.07, 6.45) is 1.36. The number of nitrogens with one attached hydrogen (secondary N) is 2. The fourth-order valence-electron chi connectivity index (χ4n) is 4.01. The van der Waals surface area contributed by atoms with Gasteiger partial charge in [0, 0.05) is 38.2 Å². The fraction of sp³-hybridized carbons (Fsp3) is 0.652. The summed E-state index contributed by atoms with van der Waals surface area (Å²) in [5.74, 6) is 0.533. The Hall–Kier alpha value is -2.23. The number of nitrogens with two attached hydrogens (primary N) is 1. The van der Waals surface area contributed by atoms with E-state index in [0.717, 1.165) is 24.9 Å². The molecule has 1 aromatic rings. The second-order valence-electron chi connectivity index (χ2n) is 9.66. The van der Waals surface area contributed by atoms with Crippen molar-refractivity contribution < 1.29 is 24.2 Å². The van der Waals surface area contributed by atoms with Gasteiger partial charge >= 0.3 is 6.09 Å². The first kappa shape index (κ1) is 25.4. The zero-order valence-corrected chi connectivity index (χ0v) is 20.3. The molecule has 0 bridgehead atoms. The average Bonchev–Trinajstić information content (AvgIpc) is 3.24. The van der Waals surface area contributed by atoms with Crippen molar-refractivity contribution in [1.82, 2.24) is 15.5 Å². The summed E-state index contributed by atoms with van der Waals surface area (Å²) in [4.78, 5) is 26.5. The van der Waals surface area contributed by atoms with E-state index in [9.17, 15) is 14.7 Å². The van der Waals surface area contributed by atoms with E-state index in [-0.39, 0.29) is 18.5 Å². The molecule has 9 nitrogen and oxygen atoms in total. The van der Waals surface area contributed by atoms with E-state index in [1.807, 2.05) is 20.8 Å². The molecule has 1 fully saturated rings. The Bertz CT molecular complexity index is 865. The number of rotatable bonds is 7. The number of aliphatic hydroxyl groups excluding tert-OH is 1. The number of anilines is 1. The number of benzene rings is 1. The highest BCUT2D eigenvalue weighted by molar-refractivity contribution is 6.33. The molecule has 0 spiro atoms. The summed E-state index contributed by atoms with van der Waals surface area (Å²) in [6.45, 7) is 8.56. The lowest BCUT2D eigenvalue weighted by Gasteiger charge is -2.33. The number of halogens is 1. The third kappa shape index (κ3) is 6.88. The number of ether oxygens (including phenoxy) is 2. The zero-order chi connectivity index (χ0) is 24.2. The van der Waals surface area contributed by atoms with Crippen LogP contribution < -0.4 is 21.1 Å². The molecule has 1 atom stereocenters. The van der Waals surface area contributed by atoms with Crippen molar-refractivity contribution in [2.45, 2.75) is 51.7 Å². The van der Waals surface area contributed by atoms with Crippen molar-refractivity contribution in [2.24, 2.45) is 5.92 Å². The predicted octanol–water partition coefficient (Wildman–Crippen LogP) is 2.18. The molecule has 2 heterocycles. The van der Waals surface area contributed by atoms with Crippen LogP contribution in [0.15, 0.2) is 6.07 Å². The highest BCUT2D eigenvalue weighted by Crippen LogP contribution is 2.38. The van der Waals surface area contributed by atoms with E-state index < -0.39 is 11.7 Å². The molecule has 3 rings (SSSR count). The number of carbonyl (C=O) groups excluding carboxylic acids is 2. The topological polar surface area (TPSA) is 126 Å². The quantitative estimate of drug-likeness (QED) is 0.439. The van der Waals surface area contributed by atoms with Crippen molar-refractivity contribution in [3.05, 3.63) is 22.2 Å². The second-order valence-corrected chi connectivity index (χ2v) is 10.1. The van der Waals surface area contributed by atoms with Crippen LogP contribution in [0, 0.1) is 5.92 Å². The van der Waals surface area contributed by atoms with Crippen LogP contribution in [-0.4, -0.2) is 73.0 Å². The lowest BCUT2D eigenvalue weighted by atomic mass is 9.97. The van der Waals surface area contributed by atoms with E-state index in [1.54, 1.807) is 4.90 Å². The molecule has 2 aliphatic rings. The summed E-state index contributed by atoms with van der Waals surface area (Å²) in [7, 11) is 0. The summed E-state index contributed by atoms with van der Waals surface area (Å²) in [6, 6.07) is 1.50. The molecule has 184 valence electrons. The van der Waals surface area contributed by atoms with Gasteiger partial charge in [0.05, 0.1) is 29.0 Å². The maximum atomic E-state index is 12.6. The Kier molecular flexibility index (Phi) is 8.31. The van der Waals surface area contributed by atoms with E-state index in [1.165, 1.54) is 6.07 Å². The lowest BCUT2D eigenvalue weighted by Crippen LogP contribution is -2.44. The number of hydrogen-bond acceptors (Lipinski definition) is 7. The number of amides is 2. The first-order valence-corrected chi connectivity index (χ1v) is 11.8. The normalized spacial score (nSPS) is 17.3. The van der Waals surface area contributed by atoms with E-state index in [2.05, 4.69) is 10.6 Å². The van der Waals surface area contributed by atoms with Crippen molar-refractivity contribution in [2.75, 3.05) is 45.1 Å². The van der Waals surface area contributed by atoms with Crippen LogP contribution in [0.4, 0.5) is 10.5 Å². The van der Waals surface area contributed by atoms with Gasteiger partial charge in [0.25, 0.3) is 5.91 Å². The van der Waals surface area contributed by atoms with Crippen LogP contribution in [0.2, 0.25) is 5.02 Å². The molecule has 1 saturated heterocycles. The highest BCUT2D eigenvalue weighted by atomic mass is 35.5. The molecule has 0 radical (unpaired) electrons. The molecule has 1 aromatic carbocycles. The number of aliphatic hydroxyl groups is 1. The predicted molar refractivity (Wildman–Crippen MR) is 127 cm³/mol. The molecule has 5 N–H and O–H groups in total. The van der Waals surface area contributed by atoms with Gasteiger partial charge in [0.15, 0.2) is 0 Å². The Labute approximate surface area is 199 Å². The molecule has 1 unspecified atom stereocenters. The molecule has 33 heavy (non-hydrogen) atoms. The monoisotopic (exact) mass is 482 g/mol. The smallest absolute Gasteiger partial charge is 0.410 e. The third-order valence-electron chi connectivity index (χ3n) is 5.79. The van der Waals surface area contributed by atoms with Gasteiger partial charge in [-0.15, -0.1) is 0 Å². The van der Waals surface area contributed by atoms with Gasteiger partial charge in [0.1, 0.15) is 11.4 Å². The second kappa shape index (κ2) is 10.8. The summed E-state index contributed by atoms with van der Waals surface area (Å²) < 4.78 is 11.0. The number of carbonyl (C=O) groups is 2. The van der Waals surface area contributed by atoms with E-state index in [4.69, 9.17) is 26.8 Å². The Morgan fingerprint density at radius 3 is 2.70 bits per heavy atom. The number of nitrogens with zero attached hydrogens (tertiary/aromatic N) is 1. The number of piperidine rings is 1. The van der Waals surface area contributed by atoms with Crippen molar-refractivity contribution in [3.63, 3.8) is 0 Å². The molecule has 0 aromatic heterocycles. The van der Waals surface area contributed by atoms with Crippen LogP contribution in [-0.2, 0) is 11.2 Å². The van der Waals surface area contributed by atoms with Crippen molar-refractivity contribution in [1.29, 1.82) is 0 Å². The van der Waals surface area contributed by atoms with Crippen LogP contribution >= 0.6 is 11.6 Å².